The Hall–Kier alpha value is -2.68. The average molecular weight is 325 g/mol. The van der Waals surface area contributed by atoms with Gasteiger partial charge in [-0.05, 0) is 47.8 Å². The van der Waals surface area contributed by atoms with E-state index in [0.717, 1.165) is 34.4 Å². The van der Waals surface area contributed by atoms with E-state index in [4.69, 9.17) is 4.98 Å². The number of pyridine rings is 1. The fourth-order valence-electron chi connectivity index (χ4n) is 4.18. The standard InChI is InChI=1S/C22H19N3/c1-2-4-13(5-3-1)17-10-20-22(23-12-17)25-21(24-20)19-11-18(19)15-7-6-14-8-16(14)9-15/h1-7,9-10,12,14,16,18-19H,8,11H2,(H,23,24,25). The molecular formula is C22H19N3. The molecule has 6 rings (SSSR count). The van der Waals surface area contributed by atoms with E-state index in [1.807, 2.05) is 12.3 Å². The molecule has 1 N–H and O–H groups in total. The van der Waals surface area contributed by atoms with Gasteiger partial charge in [0.05, 0.1) is 5.52 Å². The van der Waals surface area contributed by atoms with Crippen LogP contribution in [0.15, 0.2) is 66.4 Å². The molecule has 25 heavy (non-hydrogen) atoms. The molecule has 0 amide bonds. The maximum absolute atomic E-state index is 4.77. The summed E-state index contributed by atoms with van der Waals surface area (Å²) in [5, 5.41) is 0. The summed E-state index contributed by atoms with van der Waals surface area (Å²) in [6, 6.07) is 12.6. The lowest BCUT2D eigenvalue weighted by atomic mass is 10.0. The zero-order chi connectivity index (χ0) is 16.4. The van der Waals surface area contributed by atoms with Crippen LogP contribution in [0.2, 0.25) is 0 Å². The van der Waals surface area contributed by atoms with Gasteiger partial charge >= 0.3 is 0 Å². The molecule has 3 aliphatic rings. The number of hydrogen-bond acceptors (Lipinski definition) is 2. The molecule has 3 heteroatoms. The second-order valence-corrected chi connectivity index (χ2v) is 7.62. The van der Waals surface area contributed by atoms with Crippen LogP contribution in [0.4, 0.5) is 0 Å². The number of H-pyrrole nitrogens is 1. The van der Waals surface area contributed by atoms with Gasteiger partial charge in [0.1, 0.15) is 5.82 Å². The summed E-state index contributed by atoms with van der Waals surface area (Å²) in [5.74, 6) is 3.94. The summed E-state index contributed by atoms with van der Waals surface area (Å²) in [6.45, 7) is 0. The number of aromatic nitrogens is 3. The highest BCUT2D eigenvalue weighted by Gasteiger charge is 2.45. The quantitative estimate of drug-likeness (QED) is 0.747. The molecule has 2 fully saturated rings. The van der Waals surface area contributed by atoms with Crippen molar-refractivity contribution in [2.75, 3.05) is 0 Å². The summed E-state index contributed by atoms with van der Waals surface area (Å²) in [4.78, 5) is 12.9. The van der Waals surface area contributed by atoms with Gasteiger partial charge < -0.3 is 4.98 Å². The van der Waals surface area contributed by atoms with Crippen LogP contribution in [0.5, 0.6) is 0 Å². The van der Waals surface area contributed by atoms with Crippen LogP contribution in [0.25, 0.3) is 22.3 Å². The molecule has 0 spiro atoms. The number of aromatic amines is 1. The molecule has 1 aromatic carbocycles. The Morgan fingerprint density at radius 3 is 2.76 bits per heavy atom. The Morgan fingerprint density at radius 2 is 1.88 bits per heavy atom. The van der Waals surface area contributed by atoms with Crippen LogP contribution in [0, 0.1) is 17.8 Å². The Labute approximate surface area is 146 Å². The first-order valence-electron chi connectivity index (χ1n) is 9.16. The van der Waals surface area contributed by atoms with Gasteiger partial charge in [0.25, 0.3) is 0 Å². The van der Waals surface area contributed by atoms with Crippen LogP contribution >= 0.6 is 0 Å². The van der Waals surface area contributed by atoms with Gasteiger partial charge in [-0.25, -0.2) is 9.97 Å². The van der Waals surface area contributed by atoms with Gasteiger partial charge in [0, 0.05) is 17.7 Å². The average Bonchev–Trinajstić information content (AvgIpc) is 3.56. The molecule has 2 heterocycles. The Balaban J connectivity index is 1.30. The second kappa shape index (κ2) is 4.92. The lowest BCUT2D eigenvalue weighted by molar-refractivity contribution is 0.867. The van der Waals surface area contributed by atoms with Gasteiger partial charge in [-0.15, -0.1) is 0 Å². The number of imidazole rings is 1. The Morgan fingerprint density at radius 1 is 0.960 bits per heavy atom. The lowest BCUT2D eigenvalue weighted by Gasteiger charge is -2.04. The summed E-state index contributed by atoms with van der Waals surface area (Å²) in [7, 11) is 0. The van der Waals surface area contributed by atoms with Crippen LogP contribution in [0.1, 0.15) is 24.6 Å². The van der Waals surface area contributed by atoms with E-state index in [2.05, 4.69) is 58.5 Å². The number of fused-ring (bicyclic) bond motifs is 2. The van der Waals surface area contributed by atoms with Gasteiger partial charge in [-0.3, -0.25) is 0 Å². The SMILES string of the molecule is C1=CC2CC2C=C1C1CC1c1nc2ncc(-c3ccccc3)cc2[nH]1. The lowest BCUT2D eigenvalue weighted by Crippen LogP contribution is -1.93. The normalized spacial score (nSPS) is 29.4. The van der Waals surface area contributed by atoms with Crippen molar-refractivity contribution in [3.8, 4) is 11.1 Å². The molecule has 0 radical (unpaired) electrons. The van der Waals surface area contributed by atoms with Gasteiger partial charge in [-0.2, -0.15) is 0 Å². The summed E-state index contributed by atoms with van der Waals surface area (Å²) < 4.78 is 0. The molecule has 3 aromatic rings. The van der Waals surface area contributed by atoms with Crippen LogP contribution in [-0.2, 0) is 0 Å². The first-order valence-corrected chi connectivity index (χ1v) is 9.16. The molecule has 0 saturated heterocycles. The van der Waals surface area contributed by atoms with Crippen molar-refractivity contribution in [3.05, 3.63) is 72.2 Å². The highest BCUT2D eigenvalue weighted by atomic mass is 15.0. The number of benzene rings is 1. The monoisotopic (exact) mass is 325 g/mol. The van der Waals surface area contributed by atoms with Crippen molar-refractivity contribution >= 4 is 11.2 Å². The number of allylic oxidation sites excluding steroid dienone is 4. The number of rotatable bonds is 3. The van der Waals surface area contributed by atoms with E-state index in [0.29, 0.717) is 11.8 Å². The third-order valence-corrected chi connectivity index (χ3v) is 5.87. The maximum Gasteiger partial charge on any atom is 0.177 e. The van der Waals surface area contributed by atoms with Crippen molar-refractivity contribution in [1.82, 2.24) is 15.0 Å². The topological polar surface area (TPSA) is 41.6 Å². The van der Waals surface area contributed by atoms with Crippen molar-refractivity contribution in [2.24, 2.45) is 17.8 Å². The zero-order valence-electron chi connectivity index (χ0n) is 13.9. The zero-order valence-corrected chi connectivity index (χ0v) is 13.9. The van der Waals surface area contributed by atoms with Crippen LogP contribution in [-0.4, -0.2) is 15.0 Å². The van der Waals surface area contributed by atoms with E-state index in [1.54, 1.807) is 0 Å². The minimum atomic E-state index is 0.528. The maximum atomic E-state index is 4.77. The predicted molar refractivity (Wildman–Crippen MR) is 99.0 cm³/mol. The van der Waals surface area contributed by atoms with Crippen molar-refractivity contribution in [1.29, 1.82) is 0 Å². The smallest absolute Gasteiger partial charge is 0.177 e. The fourth-order valence-corrected chi connectivity index (χ4v) is 4.18. The molecule has 2 aromatic heterocycles. The molecule has 3 nitrogen and oxygen atoms in total. The first kappa shape index (κ1) is 13.6. The number of nitrogens with one attached hydrogen (secondary N) is 1. The fraction of sp³-hybridized carbons (Fsp3) is 0.273. The van der Waals surface area contributed by atoms with E-state index >= 15 is 0 Å². The highest BCUT2D eigenvalue weighted by molar-refractivity contribution is 5.78. The Kier molecular flexibility index (Phi) is 2.67. The van der Waals surface area contributed by atoms with Crippen molar-refractivity contribution < 1.29 is 0 Å². The predicted octanol–water partition coefficient (Wildman–Crippen LogP) is 4.86. The van der Waals surface area contributed by atoms with Gasteiger partial charge in [-0.1, -0.05) is 48.6 Å². The van der Waals surface area contributed by atoms with E-state index in [9.17, 15) is 0 Å². The molecular weight excluding hydrogens is 306 g/mol. The molecule has 122 valence electrons. The first-order chi connectivity index (χ1) is 12.3. The van der Waals surface area contributed by atoms with E-state index in [-0.39, 0.29) is 0 Å². The van der Waals surface area contributed by atoms with Crippen LogP contribution in [0.3, 0.4) is 0 Å². The molecule has 4 atom stereocenters. The molecule has 4 unspecified atom stereocenters. The van der Waals surface area contributed by atoms with Crippen molar-refractivity contribution in [2.45, 2.75) is 18.8 Å². The summed E-state index contributed by atoms with van der Waals surface area (Å²) >= 11 is 0. The van der Waals surface area contributed by atoms with Gasteiger partial charge in [0.15, 0.2) is 5.65 Å². The van der Waals surface area contributed by atoms with Gasteiger partial charge in [0.2, 0.25) is 0 Å². The highest BCUT2D eigenvalue weighted by Crippen LogP contribution is 2.55. The molecule has 0 bridgehead atoms. The molecule has 3 aliphatic carbocycles. The van der Waals surface area contributed by atoms with E-state index < -0.39 is 0 Å². The van der Waals surface area contributed by atoms with Crippen molar-refractivity contribution in [3.63, 3.8) is 0 Å². The third kappa shape index (κ3) is 2.26. The Bertz CT molecular complexity index is 1030. The minimum Gasteiger partial charge on any atom is -0.340 e. The molecule has 0 aliphatic heterocycles. The number of nitrogens with zero attached hydrogens (tertiary/aromatic N) is 2. The van der Waals surface area contributed by atoms with E-state index in [1.165, 1.54) is 24.0 Å². The minimum absolute atomic E-state index is 0.528. The number of hydrogen-bond donors (Lipinski definition) is 1. The van der Waals surface area contributed by atoms with Crippen LogP contribution < -0.4 is 0 Å². The second-order valence-electron chi connectivity index (χ2n) is 7.62. The largest absolute Gasteiger partial charge is 0.340 e. The molecule has 2 saturated carbocycles. The summed E-state index contributed by atoms with van der Waals surface area (Å²) in [5.41, 5.74) is 5.72. The third-order valence-electron chi connectivity index (χ3n) is 5.87. The summed E-state index contributed by atoms with van der Waals surface area (Å²) in [6.07, 6.45) is 11.7.